The summed E-state index contributed by atoms with van der Waals surface area (Å²) in [4.78, 5) is 14.2. The fraction of sp³-hybridized carbons (Fsp3) is 0.484. The molecule has 7 nitrogen and oxygen atoms in total. The maximum absolute atomic E-state index is 13.1. The lowest BCUT2D eigenvalue weighted by atomic mass is 9.94. The second-order valence-electron chi connectivity index (χ2n) is 11.8. The molecule has 2 aliphatic carbocycles. The van der Waals surface area contributed by atoms with Crippen LogP contribution in [0.1, 0.15) is 74.2 Å². The van der Waals surface area contributed by atoms with Crippen molar-refractivity contribution in [3.05, 3.63) is 65.4 Å². The molecule has 3 atom stereocenters. The van der Waals surface area contributed by atoms with E-state index in [1.54, 1.807) is 12.1 Å². The number of piperidine rings is 1. The fourth-order valence-electron chi connectivity index (χ4n) is 6.80. The lowest BCUT2D eigenvalue weighted by molar-refractivity contribution is -0.274. The maximum Gasteiger partial charge on any atom is 0.573 e. The first kappa shape index (κ1) is 26.4. The molecule has 3 heterocycles. The van der Waals surface area contributed by atoms with Gasteiger partial charge in [0.05, 0.1) is 18.1 Å². The Hall–Kier alpha value is -3.53. The molecule has 216 valence electrons. The Labute approximate surface area is 235 Å². The highest BCUT2D eigenvalue weighted by Crippen LogP contribution is 2.50. The van der Waals surface area contributed by atoms with Gasteiger partial charge in [-0.05, 0) is 81.2 Å². The minimum atomic E-state index is -4.82. The Morgan fingerprint density at radius 2 is 1.71 bits per heavy atom. The molecule has 0 radical (unpaired) electrons. The molecular formula is C31H31F3N2O5. The van der Waals surface area contributed by atoms with Crippen LogP contribution in [0.4, 0.5) is 18.9 Å². The number of para-hydroxylation sites is 1. The summed E-state index contributed by atoms with van der Waals surface area (Å²) >= 11 is 0. The van der Waals surface area contributed by atoms with Crippen molar-refractivity contribution in [1.29, 1.82) is 0 Å². The topological polar surface area (TPSA) is 85.0 Å². The van der Waals surface area contributed by atoms with Crippen LogP contribution < -0.4 is 9.64 Å². The van der Waals surface area contributed by atoms with Crippen molar-refractivity contribution >= 4 is 11.7 Å². The predicted octanol–water partition coefficient (Wildman–Crippen LogP) is 6.95. The molecule has 2 bridgehead atoms. The molecular weight excluding hydrogens is 537 g/mol. The number of carboxylic acid groups (broad SMARTS) is 1. The molecule has 2 aromatic carbocycles. The van der Waals surface area contributed by atoms with E-state index in [2.05, 4.69) is 26.9 Å². The Morgan fingerprint density at radius 3 is 2.32 bits per heavy atom. The van der Waals surface area contributed by atoms with Gasteiger partial charge in [-0.2, -0.15) is 0 Å². The van der Waals surface area contributed by atoms with Crippen molar-refractivity contribution in [2.45, 2.75) is 93.9 Å². The van der Waals surface area contributed by atoms with Crippen LogP contribution in [0.25, 0.3) is 11.3 Å². The summed E-state index contributed by atoms with van der Waals surface area (Å²) in [6, 6.07) is 14.6. The van der Waals surface area contributed by atoms with Gasteiger partial charge in [-0.3, -0.25) is 4.79 Å². The average Bonchev–Trinajstić information content (AvgIpc) is 3.87. The highest BCUT2D eigenvalue weighted by Gasteiger charge is 2.52. The summed E-state index contributed by atoms with van der Waals surface area (Å²) in [5.41, 5.74) is 2.54. The summed E-state index contributed by atoms with van der Waals surface area (Å²) < 4.78 is 55.7. The smallest absolute Gasteiger partial charge is 0.481 e. The van der Waals surface area contributed by atoms with E-state index >= 15 is 0 Å². The minimum absolute atomic E-state index is 0.00115. The van der Waals surface area contributed by atoms with Crippen molar-refractivity contribution < 1.29 is 37.1 Å². The molecule has 4 fully saturated rings. The molecule has 2 saturated heterocycles. The zero-order chi connectivity index (χ0) is 28.4. The zero-order valence-electron chi connectivity index (χ0n) is 22.4. The third-order valence-corrected chi connectivity index (χ3v) is 9.17. The first-order valence-electron chi connectivity index (χ1n) is 14.3. The molecule has 2 unspecified atom stereocenters. The number of rotatable bonds is 9. The van der Waals surface area contributed by atoms with Gasteiger partial charge in [0.1, 0.15) is 17.2 Å². The van der Waals surface area contributed by atoms with Crippen molar-refractivity contribution in [1.82, 2.24) is 5.16 Å². The SMILES string of the molecule is O=C(O)C1(c2ccc(N3C4CC[C@H]3CC(OCc3c(-c5ccccc5OC(F)(F)F)noc3C3CC3)C4)cc2)CC1. The van der Waals surface area contributed by atoms with Gasteiger partial charge in [-0.15, -0.1) is 13.2 Å². The van der Waals surface area contributed by atoms with E-state index in [0.29, 0.717) is 41.9 Å². The number of carboxylic acids is 1. The van der Waals surface area contributed by atoms with Crippen molar-refractivity contribution in [3.63, 3.8) is 0 Å². The number of halogens is 3. The number of aliphatic carboxylic acids is 1. The normalized spacial score (nSPS) is 24.9. The van der Waals surface area contributed by atoms with Crippen LogP contribution in [0.2, 0.25) is 0 Å². The summed E-state index contributed by atoms with van der Waals surface area (Å²) in [6.07, 6.45) is 2.25. The first-order valence-corrected chi connectivity index (χ1v) is 14.3. The maximum atomic E-state index is 13.1. The fourth-order valence-corrected chi connectivity index (χ4v) is 6.80. The third-order valence-electron chi connectivity index (χ3n) is 9.17. The average molecular weight is 569 g/mol. The number of hydrogen-bond acceptors (Lipinski definition) is 6. The molecule has 1 aromatic heterocycles. The van der Waals surface area contributed by atoms with Gasteiger partial charge in [-0.1, -0.05) is 29.4 Å². The van der Waals surface area contributed by atoms with Gasteiger partial charge < -0.3 is 24.0 Å². The molecule has 1 N–H and O–H groups in total. The lowest BCUT2D eigenvalue weighted by Gasteiger charge is -2.40. The second-order valence-corrected chi connectivity index (χ2v) is 11.8. The quantitative estimate of drug-likeness (QED) is 0.299. The number of anilines is 1. The van der Waals surface area contributed by atoms with E-state index in [4.69, 9.17) is 9.26 Å². The number of ether oxygens (including phenoxy) is 2. The van der Waals surface area contributed by atoms with Crippen LogP contribution in [0.15, 0.2) is 53.1 Å². The van der Waals surface area contributed by atoms with Gasteiger partial charge in [-0.25, -0.2) is 0 Å². The predicted molar refractivity (Wildman–Crippen MR) is 143 cm³/mol. The van der Waals surface area contributed by atoms with Gasteiger partial charge in [0.25, 0.3) is 0 Å². The second kappa shape index (κ2) is 9.79. The van der Waals surface area contributed by atoms with Gasteiger partial charge in [0, 0.05) is 34.8 Å². The van der Waals surface area contributed by atoms with Crippen molar-refractivity contribution in [2.75, 3.05) is 4.90 Å². The third kappa shape index (κ3) is 4.96. The summed E-state index contributed by atoms with van der Waals surface area (Å²) in [5.74, 6) is -0.162. The summed E-state index contributed by atoms with van der Waals surface area (Å²) in [6.45, 7) is 0.209. The molecule has 0 spiro atoms. The van der Waals surface area contributed by atoms with Crippen LogP contribution in [0.3, 0.4) is 0 Å². The molecule has 4 aliphatic rings. The molecule has 2 aliphatic heterocycles. The Kier molecular flexibility index (Phi) is 6.30. The van der Waals surface area contributed by atoms with E-state index in [-0.39, 0.29) is 29.9 Å². The van der Waals surface area contributed by atoms with Gasteiger partial charge in [0.15, 0.2) is 0 Å². The Morgan fingerprint density at radius 1 is 1.02 bits per heavy atom. The monoisotopic (exact) mass is 568 g/mol. The highest BCUT2D eigenvalue weighted by molar-refractivity contribution is 5.85. The van der Waals surface area contributed by atoms with Crippen LogP contribution >= 0.6 is 0 Å². The summed E-state index contributed by atoms with van der Waals surface area (Å²) in [7, 11) is 0. The lowest BCUT2D eigenvalue weighted by Crippen LogP contribution is -2.45. The number of aromatic nitrogens is 1. The van der Waals surface area contributed by atoms with Crippen LogP contribution in [0, 0.1) is 0 Å². The number of nitrogens with zero attached hydrogens (tertiary/aromatic N) is 2. The minimum Gasteiger partial charge on any atom is -0.481 e. The molecule has 10 heteroatoms. The molecule has 7 rings (SSSR count). The zero-order valence-corrected chi connectivity index (χ0v) is 22.4. The van der Waals surface area contributed by atoms with Crippen LogP contribution in [-0.4, -0.2) is 40.8 Å². The van der Waals surface area contributed by atoms with Crippen LogP contribution in [-0.2, 0) is 21.6 Å². The van der Waals surface area contributed by atoms with Crippen molar-refractivity contribution in [2.24, 2.45) is 0 Å². The molecule has 3 aromatic rings. The van der Waals surface area contributed by atoms with Gasteiger partial charge in [0.2, 0.25) is 0 Å². The van der Waals surface area contributed by atoms with E-state index in [0.717, 1.165) is 49.8 Å². The number of alkyl halides is 3. The molecule has 41 heavy (non-hydrogen) atoms. The molecule has 0 amide bonds. The standard InChI is InChI=1S/C31H31F3N2O5/c32-31(33,34)40-26-4-2-1-3-24(26)27-25(28(41-35-27)18-5-6-18)17-39-23-15-21-11-12-22(16-23)36(21)20-9-7-19(8-10-20)30(13-14-30)29(37)38/h1-4,7-10,18,21-23H,5-6,11-17H2,(H,37,38)/t21-,22?,23?/m0/s1. The molecule has 2 saturated carbocycles. The number of hydrogen-bond donors (Lipinski definition) is 1. The van der Waals surface area contributed by atoms with E-state index < -0.39 is 17.7 Å². The van der Waals surface area contributed by atoms with Gasteiger partial charge >= 0.3 is 12.3 Å². The van der Waals surface area contributed by atoms with E-state index in [9.17, 15) is 23.1 Å². The number of fused-ring (bicyclic) bond motifs is 2. The Bertz CT molecular complexity index is 1430. The Balaban J connectivity index is 1.07. The first-order chi connectivity index (χ1) is 19.7. The number of benzene rings is 2. The van der Waals surface area contributed by atoms with Crippen molar-refractivity contribution in [3.8, 4) is 17.0 Å². The van der Waals surface area contributed by atoms with E-state index in [1.807, 2.05) is 12.1 Å². The van der Waals surface area contributed by atoms with E-state index in [1.165, 1.54) is 12.1 Å². The highest BCUT2D eigenvalue weighted by atomic mass is 19.4. The largest absolute Gasteiger partial charge is 0.573 e. The number of carbonyl (C=O) groups is 1. The van der Waals surface area contributed by atoms with Crippen LogP contribution in [0.5, 0.6) is 5.75 Å². The summed E-state index contributed by atoms with van der Waals surface area (Å²) in [5, 5.41) is 13.8.